The summed E-state index contributed by atoms with van der Waals surface area (Å²) >= 11 is 9.00. The maximum absolute atomic E-state index is 12.4. The maximum atomic E-state index is 12.4. The second-order valence-corrected chi connectivity index (χ2v) is 6.77. The highest BCUT2D eigenvalue weighted by Crippen LogP contribution is 2.24. The molecule has 0 aliphatic carbocycles. The zero-order valence-corrected chi connectivity index (χ0v) is 16.3. The van der Waals surface area contributed by atoms with Crippen molar-refractivity contribution >= 4 is 39.3 Å². The number of rotatable bonds is 8. The third kappa shape index (κ3) is 7.15. The van der Waals surface area contributed by atoms with Gasteiger partial charge in [-0.3, -0.25) is 9.59 Å². The van der Waals surface area contributed by atoms with Crippen LogP contribution in [-0.4, -0.2) is 25.0 Å². The van der Waals surface area contributed by atoms with Crippen LogP contribution in [0.15, 0.2) is 46.9 Å². The first-order valence-electron chi connectivity index (χ1n) is 7.89. The van der Waals surface area contributed by atoms with Crippen molar-refractivity contribution in [1.82, 2.24) is 10.6 Å². The fraction of sp³-hybridized carbons (Fsp3) is 0.222. The standard InChI is InChI=1S/C18H16BrClF2N2O3/c19-13-3-6-15(27-18(21)22)12(9-13)10-24-16(25)7-8-23-17(26)11-1-4-14(20)5-2-11/h1-6,9,18H,7-8,10H2,(H,23,26)(H,24,25). The molecule has 0 saturated heterocycles. The van der Waals surface area contributed by atoms with Crippen LogP contribution >= 0.6 is 27.5 Å². The molecule has 2 amide bonds. The Labute approximate surface area is 168 Å². The molecule has 0 fully saturated rings. The zero-order chi connectivity index (χ0) is 19.8. The number of alkyl halides is 2. The molecule has 27 heavy (non-hydrogen) atoms. The highest BCUT2D eigenvalue weighted by molar-refractivity contribution is 9.10. The summed E-state index contributed by atoms with van der Waals surface area (Å²) in [5.41, 5.74) is 0.839. The number of benzene rings is 2. The van der Waals surface area contributed by atoms with Crippen LogP contribution in [0.2, 0.25) is 5.02 Å². The molecule has 0 radical (unpaired) electrons. The minimum Gasteiger partial charge on any atom is -0.434 e. The van der Waals surface area contributed by atoms with E-state index < -0.39 is 6.61 Å². The van der Waals surface area contributed by atoms with Gasteiger partial charge in [-0.05, 0) is 42.5 Å². The molecule has 0 aliphatic rings. The van der Waals surface area contributed by atoms with Crippen molar-refractivity contribution in [2.45, 2.75) is 19.6 Å². The Bertz CT molecular complexity index is 804. The van der Waals surface area contributed by atoms with Crippen LogP contribution < -0.4 is 15.4 Å². The molecule has 5 nitrogen and oxygen atoms in total. The normalized spacial score (nSPS) is 10.6. The number of halogens is 4. The van der Waals surface area contributed by atoms with Gasteiger partial charge in [-0.25, -0.2) is 0 Å². The second kappa shape index (κ2) is 10.2. The topological polar surface area (TPSA) is 67.4 Å². The number of carbonyl (C=O) groups excluding carboxylic acids is 2. The van der Waals surface area contributed by atoms with Gasteiger partial charge in [0.15, 0.2) is 0 Å². The third-order valence-corrected chi connectivity index (χ3v) is 4.20. The summed E-state index contributed by atoms with van der Waals surface area (Å²) in [5, 5.41) is 5.75. The molecule has 0 bridgehead atoms. The van der Waals surface area contributed by atoms with Gasteiger partial charge in [-0.15, -0.1) is 0 Å². The highest BCUT2D eigenvalue weighted by atomic mass is 79.9. The van der Waals surface area contributed by atoms with Crippen molar-refractivity contribution < 1.29 is 23.1 Å². The van der Waals surface area contributed by atoms with Crippen LogP contribution in [0.3, 0.4) is 0 Å². The molecule has 0 aromatic heterocycles. The van der Waals surface area contributed by atoms with Crippen molar-refractivity contribution in [2.75, 3.05) is 6.54 Å². The number of hydrogen-bond acceptors (Lipinski definition) is 3. The fourth-order valence-corrected chi connectivity index (χ4v) is 2.71. The molecule has 0 spiro atoms. The Balaban J connectivity index is 1.80. The Morgan fingerprint density at radius 2 is 1.81 bits per heavy atom. The predicted molar refractivity (Wildman–Crippen MR) is 101 cm³/mol. The molecule has 144 valence electrons. The van der Waals surface area contributed by atoms with Crippen molar-refractivity contribution in [1.29, 1.82) is 0 Å². The van der Waals surface area contributed by atoms with Crippen molar-refractivity contribution in [3.8, 4) is 5.75 Å². The van der Waals surface area contributed by atoms with Gasteiger partial charge in [0.25, 0.3) is 5.91 Å². The van der Waals surface area contributed by atoms with Gasteiger partial charge in [0.05, 0.1) is 0 Å². The highest BCUT2D eigenvalue weighted by Gasteiger charge is 2.12. The average molecular weight is 462 g/mol. The van der Waals surface area contributed by atoms with Crippen LogP contribution in [0.25, 0.3) is 0 Å². The molecule has 2 N–H and O–H groups in total. The number of hydrogen-bond donors (Lipinski definition) is 2. The molecular formula is C18H16BrClF2N2O3. The van der Waals surface area contributed by atoms with Gasteiger partial charge in [0, 0.05) is 40.1 Å². The van der Waals surface area contributed by atoms with Crippen LogP contribution in [0.1, 0.15) is 22.3 Å². The van der Waals surface area contributed by atoms with Crippen molar-refractivity contribution in [2.24, 2.45) is 0 Å². The molecule has 0 aliphatic heterocycles. The lowest BCUT2D eigenvalue weighted by molar-refractivity contribution is -0.121. The fourth-order valence-electron chi connectivity index (χ4n) is 2.17. The van der Waals surface area contributed by atoms with Gasteiger partial charge in [-0.1, -0.05) is 27.5 Å². The largest absolute Gasteiger partial charge is 0.434 e. The Morgan fingerprint density at radius 3 is 2.48 bits per heavy atom. The first-order chi connectivity index (χ1) is 12.8. The van der Waals surface area contributed by atoms with E-state index in [4.69, 9.17) is 11.6 Å². The van der Waals surface area contributed by atoms with E-state index in [1.807, 2.05) is 0 Å². The van der Waals surface area contributed by atoms with Crippen LogP contribution in [-0.2, 0) is 11.3 Å². The molecule has 9 heteroatoms. The first-order valence-corrected chi connectivity index (χ1v) is 9.06. The van der Waals surface area contributed by atoms with E-state index in [1.54, 1.807) is 36.4 Å². The molecule has 0 unspecified atom stereocenters. The van der Waals surface area contributed by atoms with Gasteiger partial charge in [-0.2, -0.15) is 8.78 Å². The lowest BCUT2D eigenvalue weighted by Crippen LogP contribution is -2.30. The molecule has 2 rings (SSSR count). The Kier molecular flexibility index (Phi) is 7.99. The van der Waals surface area contributed by atoms with E-state index in [2.05, 4.69) is 31.3 Å². The average Bonchev–Trinajstić information content (AvgIpc) is 2.62. The molecule has 2 aromatic carbocycles. The number of ether oxygens (including phenoxy) is 1. The second-order valence-electron chi connectivity index (χ2n) is 5.42. The summed E-state index contributed by atoms with van der Waals surface area (Å²) in [6.07, 6.45) is 0.0401. The van der Waals surface area contributed by atoms with E-state index in [0.29, 0.717) is 20.6 Å². The molecule has 2 aromatic rings. The predicted octanol–water partition coefficient (Wildman–Crippen LogP) is 4.14. The molecular weight excluding hydrogens is 446 g/mol. The van der Waals surface area contributed by atoms with Crippen LogP contribution in [0.5, 0.6) is 5.75 Å². The monoisotopic (exact) mass is 460 g/mol. The minimum atomic E-state index is -2.95. The smallest absolute Gasteiger partial charge is 0.387 e. The SMILES string of the molecule is O=C(CCNC(=O)c1ccc(Cl)cc1)NCc1cc(Br)ccc1OC(F)F. The van der Waals surface area contributed by atoms with Crippen molar-refractivity contribution in [3.63, 3.8) is 0 Å². The Morgan fingerprint density at radius 1 is 1.11 bits per heavy atom. The number of nitrogens with one attached hydrogen (secondary N) is 2. The summed E-state index contributed by atoms with van der Waals surface area (Å²) in [4.78, 5) is 23.8. The zero-order valence-electron chi connectivity index (χ0n) is 14.0. The van der Waals surface area contributed by atoms with E-state index >= 15 is 0 Å². The third-order valence-electron chi connectivity index (χ3n) is 3.46. The van der Waals surface area contributed by atoms with Gasteiger partial charge in [0.1, 0.15) is 5.75 Å². The summed E-state index contributed by atoms with van der Waals surface area (Å²) in [5.74, 6) is -0.669. The molecule has 0 heterocycles. The molecule has 0 atom stereocenters. The first kappa shape index (κ1) is 21.1. The Hall–Kier alpha value is -2.19. The number of amides is 2. The van der Waals surface area contributed by atoms with Gasteiger partial charge in [0.2, 0.25) is 5.91 Å². The summed E-state index contributed by atoms with van der Waals surface area (Å²) in [6.45, 7) is -2.80. The number of carbonyl (C=O) groups is 2. The lowest BCUT2D eigenvalue weighted by atomic mass is 10.2. The quantitative estimate of drug-likeness (QED) is 0.621. The van der Waals surface area contributed by atoms with E-state index in [-0.39, 0.29) is 37.1 Å². The summed E-state index contributed by atoms with van der Waals surface area (Å²) < 4.78 is 30.0. The van der Waals surface area contributed by atoms with Gasteiger partial charge < -0.3 is 15.4 Å². The summed E-state index contributed by atoms with van der Waals surface area (Å²) in [7, 11) is 0. The van der Waals surface area contributed by atoms with E-state index in [1.165, 1.54) is 6.07 Å². The summed E-state index contributed by atoms with van der Waals surface area (Å²) in [6, 6.07) is 10.9. The van der Waals surface area contributed by atoms with E-state index in [0.717, 1.165) is 0 Å². The van der Waals surface area contributed by atoms with Crippen molar-refractivity contribution in [3.05, 3.63) is 63.1 Å². The van der Waals surface area contributed by atoms with Crippen LogP contribution in [0, 0.1) is 0 Å². The minimum absolute atomic E-state index is 0.00968. The maximum Gasteiger partial charge on any atom is 0.387 e. The molecule has 0 saturated carbocycles. The van der Waals surface area contributed by atoms with Crippen LogP contribution in [0.4, 0.5) is 8.78 Å². The van der Waals surface area contributed by atoms with Gasteiger partial charge >= 0.3 is 6.61 Å². The van der Waals surface area contributed by atoms with E-state index in [9.17, 15) is 18.4 Å². The lowest BCUT2D eigenvalue weighted by Gasteiger charge is -2.12.